The van der Waals surface area contributed by atoms with Crippen LogP contribution in [0.5, 0.6) is 0 Å². The number of para-hydroxylation sites is 1. The maximum Gasteiger partial charge on any atom is 0.178 e. The number of anilines is 2. The van der Waals surface area contributed by atoms with Gasteiger partial charge in [-0.2, -0.15) is 10.2 Å². The molecule has 0 spiro atoms. The predicted molar refractivity (Wildman–Crippen MR) is 96.0 cm³/mol. The molecular formula is C18H13N7. The van der Waals surface area contributed by atoms with Crippen molar-refractivity contribution < 1.29 is 0 Å². The fourth-order valence-electron chi connectivity index (χ4n) is 2.89. The average molecular weight is 327 g/mol. The van der Waals surface area contributed by atoms with Gasteiger partial charge < -0.3 is 5.32 Å². The summed E-state index contributed by atoms with van der Waals surface area (Å²) < 4.78 is 1.81. The topological polar surface area (TPSA) is 84.3 Å². The number of nitrogens with one attached hydrogen (secondary N) is 2. The first kappa shape index (κ1) is 13.7. The van der Waals surface area contributed by atoms with Crippen molar-refractivity contribution in [2.75, 3.05) is 5.32 Å². The highest BCUT2D eigenvalue weighted by atomic mass is 15.3. The highest BCUT2D eigenvalue weighted by Crippen LogP contribution is 2.26. The Kier molecular flexibility index (Phi) is 2.96. The van der Waals surface area contributed by atoms with E-state index in [9.17, 15) is 0 Å². The molecule has 0 radical (unpaired) electrons. The second kappa shape index (κ2) is 5.41. The first-order chi connectivity index (χ1) is 12.4. The van der Waals surface area contributed by atoms with Crippen molar-refractivity contribution >= 4 is 33.4 Å². The lowest BCUT2D eigenvalue weighted by atomic mass is 10.2. The Hall–Kier alpha value is -3.74. The lowest BCUT2D eigenvalue weighted by Gasteiger charge is -2.08. The molecule has 0 saturated carbocycles. The Labute approximate surface area is 142 Å². The van der Waals surface area contributed by atoms with Crippen LogP contribution >= 0.6 is 0 Å². The Bertz CT molecular complexity index is 1170. The molecule has 0 aliphatic rings. The maximum atomic E-state index is 4.62. The number of pyridine rings is 2. The van der Waals surface area contributed by atoms with Gasteiger partial charge in [-0.3, -0.25) is 15.1 Å². The van der Waals surface area contributed by atoms with Gasteiger partial charge in [0.15, 0.2) is 5.82 Å². The van der Waals surface area contributed by atoms with Gasteiger partial charge in [-0.15, -0.1) is 0 Å². The number of H-pyrrole nitrogens is 1. The number of aromatic amines is 1. The molecule has 5 rings (SSSR count). The van der Waals surface area contributed by atoms with Gasteiger partial charge in [0.25, 0.3) is 0 Å². The van der Waals surface area contributed by atoms with Gasteiger partial charge in [-0.25, -0.2) is 4.68 Å². The summed E-state index contributed by atoms with van der Waals surface area (Å²) in [5, 5.41) is 15.8. The molecular weight excluding hydrogens is 314 g/mol. The number of aromatic nitrogens is 6. The molecule has 7 heteroatoms. The van der Waals surface area contributed by atoms with Crippen molar-refractivity contribution in [2.45, 2.75) is 0 Å². The second-order valence-electron chi connectivity index (χ2n) is 5.62. The molecule has 5 aromatic rings. The third-order valence-electron chi connectivity index (χ3n) is 4.02. The van der Waals surface area contributed by atoms with Crippen molar-refractivity contribution in [3.8, 4) is 5.69 Å². The summed E-state index contributed by atoms with van der Waals surface area (Å²) in [6.45, 7) is 0. The summed E-state index contributed by atoms with van der Waals surface area (Å²) in [5.74, 6) is 0.681. The third kappa shape index (κ3) is 2.29. The summed E-state index contributed by atoms with van der Waals surface area (Å²) in [7, 11) is 0. The molecule has 4 heterocycles. The van der Waals surface area contributed by atoms with Crippen LogP contribution in [0.15, 0.2) is 67.3 Å². The fourth-order valence-corrected chi connectivity index (χ4v) is 2.89. The lowest BCUT2D eigenvalue weighted by Crippen LogP contribution is -1.98. The Morgan fingerprint density at radius 2 is 1.96 bits per heavy atom. The van der Waals surface area contributed by atoms with Crippen LogP contribution in [0, 0.1) is 0 Å². The van der Waals surface area contributed by atoms with E-state index in [-0.39, 0.29) is 0 Å². The van der Waals surface area contributed by atoms with E-state index in [1.165, 1.54) is 0 Å². The number of fused-ring (bicyclic) bond motifs is 2. The van der Waals surface area contributed by atoms with Gasteiger partial charge in [-0.05, 0) is 30.3 Å². The molecule has 25 heavy (non-hydrogen) atoms. The van der Waals surface area contributed by atoms with Crippen molar-refractivity contribution in [3.05, 3.63) is 67.3 Å². The molecule has 0 aliphatic carbocycles. The van der Waals surface area contributed by atoms with Crippen LogP contribution in [0.25, 0.3) is 27.6 Å². The van der Waals surface area contributed by atoms with Gasteiger partial charge in [-0.1, -0.05) is 12.1 Å². The quantitative estimate of drug-likeness (QED) is 0.530. The van der Waals surface area contributed by atoms with Crippen LogP contribution in [0.3, 0.4) is 0 Å². The number of hydrogen-bond donors (Lipinski definition) is 2. The molecule has 0 bridgehead atoms. The molecule has 0 unspecified atom stereocenters. The van der Waals surface area contributed by atoms with Gasteiger partial charge in [0, 0.05) is 24.0 Å². The number of benzene rings is 1. The summed E-state index contributed by atoms with van der Waals surface area (Å²) in [6, 6.07) is 13.8. The lowest BCUT2D eigenvalue weighted by molar-refractivity contribution is 0.885. The molecule has 0 aliphatic heterocycles. The molecule has 4 aromatic heterocycles. The zero-order valence-corrected chi connectivity index (χ0v) is 13.1. The van der Waals surface area contributed by atoms with E-state index < -0.39 is 0 Å². The van der Waals surface area contributed by atoms with Crippen LogP contribution in [-0.2, 0) is 0 Å². The zero-order valence-electron chi connectivity index (χ0n) is 13.1. The van der Waals surface area contributed by atoms with E-state index in [1.807, 2.05) is 53.3 Å². The molecule has 2 N–H and O–H groups in total. The molecule has 1 aromatic carbocycles. The summed E-state index contributed by atoms with van der Waals surface area (Å²) in [6.07, 6.45) is 7.20. The third-order valence-corrected chi connectivity index (χ3v) is 4.02. The summed E-state index contributed by atoms with van der Waals surface area (Å²) >= 11 is 0. The first-order valence-electron chi connectivity index (χ1n) is 7.83. The number of hydrogen-bond acceptors (Lipinski definition) is 5. The molecule has 7 nitrogen and oxygen atoms in total. The maximum absolute atomic E-state index is 4.62. The summed E-state index contributed by atoms with van der Waals surface area (Å²) in [5.41, 5.74) is 4.37. The number of rotatable bonds is 3. The van der Waals surface area contributed by atoms with Crippen LogP contribution in [0.1, 0.15) is 0 Å². The smallest absolute Gasteiger partial charge is 0.178 e. The monoisotopic (exact) mass is 327 g/mol. The average Bonchev–Trinajstić information content (AvgIpc) is 3.32. The van der Waals surface area contributed by atoms with Crippen molar-refractivity contribution in [3.63, 3.8) is 0 Å². The zero-order chi connectivity index (χ0) is 16.6. The van der Waals surface area contributed by atoms with E-state index >= 15 is 0 Å². The van der Waals surface area contributed by atoms with Gasteiger partial charge in [0.2, 0.25) is 0 Å². The van der Waals surface area contributed by atoms with Crippen LogP contribution in [-0.4, -0.2) is 29.9 Å². The highest BCUT2D eigenvalue weighted by molar-refractivity contribution is 5.91. The van der Waals surface area contributed by atoms with Crippen LogP contribution in [0.4, 0.5) is 11.5 Å². The van der Waals surface area contributed by atoms with Crippen molar-refractivity contribution in [2.24, 2.45) is 0 Å². The van der Waals surface area contributed by atoms with Crippen molar-refractivity contribution in [1.29, 1.82) is 0 Å². The van der Waals surface area contributed by atoms with Crippen molar-refractivity contribution in [1.82, 2.24) is 29.9 Å². The first-order valence-corrected chi connectivity index (χ1v) is 7.83. The van der Waals surface area contributed by atoms with Gasteiger partial charge in [0.1, 0.15) is 5.52 Å². The predicted octanol–water partition coefficient (Wildman–Crippen LogP) is 3.44. The van der Waals surface area contributed by atoms with Crippen LogP contribution in [0.2, 0.25) is 0 Å². The Morgan fingerprint density at radius 1 is 0.960 bits per heavy atom. The fraction of sp³-hybridized carbons (Fsp3) is 0. The van der Waals surface area contributed by atoms with E-state index in [1.54, 1.807) is 18.6 Å². The molecule has 0 saturated heterocycles. The van der Waals surface area contributed by atoms with E-state index in [0.29, 0.717) is 5.82 Å². The standard InChI is InChI=1S/C18H13N7/c1-4-12-10-13(22-18-17-14(23-24-18)5-2-7-19-17)11-20-16(12)15(6-1)25-9-3-8-21-25/h1-11H,(H2,22,23,24). The van der Waals surface area contributed by atoms with E-state index in [2.05, 4.69) is 30.6 Å². The summed E-state index contributed by atoms with van der Waals surface area (Å²) in [4.78, 5) is 8.98. The molecule has 120 valence electrons. The Morgan fingerprint density at radius 3 is 2.88 bits per heavy atom. The minimum Gasteiger partial charge on any atom is -0.336 e. The molecule has 0 amide bonds. The minimum absolute atomic E-state index is 0.681. The second-order valence-corrected chi connectivity index (χ2v) is 5.62. The van der Waals surface area contributed by atoms with E-state index in [0.717, 1.165) is 33.3 Å². The Balaban J connectivity index is 1.57. The largest absolute Gasteiger partial charge is 0.336 e. The SMILES string of the molecule is c1cc(-n2cccn2)c2ncc(Nc3n[nH]c4cccnc34)cc2c1. The molecule has 0 atom stereocenters. The minimum atomic E-state index is 0.681. The normalized spacial score (nSPS) is 11.2. The number of nitrogens with zero attached hydrogens (tertiary/aromatic N) is 5. The van der Waals surface area contributed by atoms with Crippen LogP contribution < -0.4 is 5.32 Å². The highest BCUT2D eigenvalue weighted by Gasteiger charge is 2.09. The van der Waals surface area contributed by atoms with E-state index in [4.69, 9.17) is 0 Å². The van der Waals surface area contributed by atoms with Gasteiger partial charge >= 0.3 is 0 Å². The molecule has 0 fully saturated rings. The van der Waals surface area contributed by atoms with Gasteiger partial charge in [0.05, 0.1) is 28.6 Å².